The predicted octanol–water partition coefficient (Wildman–Crippen LogP) is 3.61. The number of aryl methyl sites for hydroxylation is 1. The fourth-order valence-electron chi connectivity index (χ4n) is 3.34. The number of carbonyl (C=O) groups is 1. The van der Waals surface area contributed by atoms with Gasteiger partial charge in [0.25, 0.3) is 0 Å². The molecule has 0 aliphatic heterocycles. The van der Waals surface area contributed by atoms with Crippen molar-refractivity contribution in [3.8, 4) is 11.5 Å². The Hall–Kier alpha value is -2.37. The molecule has 1 aliphatic carbocycles. The lowest BCUT2D eigenvalue weighted by molar-refractivity contribution is -0.119. The number of nitrogens with zero attached hydrogens (tertiary/aromatic N) is 4. The average Bonchev–Trinajstić information content (AvgIpc) is 3.01. The van der Waals surface area contributed by atoms with Crippen LogP contribution in [0, 0.1) is 11.2 Å². The molecule has 0 aromatic carbocycles. The fourth-order valence-corrected chi connectivity index (χ4v) is 3.34. The Balaban J connectivity index is 1.91. The van der Waals surface area contributed by atoms with Gasteiger partial charge in [0, 0.05) is 24.7 Å². The number of aromatic nitrogens is 3. The number of halogens is 1. The highest BCUT2D eigenvalue weighted by atomic mass is 19.1. The van der Waals surface area contributed by atoms with Gasteiger partial charge in [-0.3, -0.25) is 4.79 Å². The third kappa shape index (κ3) is 4.23. The van der Waals surface area contributed by atoms with Crippen molar-refractivity contribution in [1.82, 2.24) is 15.0 Å². The topological polar surface area (TPSA) is 59.0 Å². The van der Waals surface area contributed by atoms with Gasteiger partial charge in [-0.2, -0.15) is 0 Å². The van der Waals surface area contributed by atoms with Crippen molar-refractivity contribution in [2.24, 2.45) is 5.41 Å². The van der Waals surface area contributed by atoms with Crippen LogP contribution in [0.4, 0.5) is 10.2 Å². The first kappa shape index (κ1) is 18.4. The number of rotatable bonds is 5. The van der Waals surface area contributed by atoms with Crippen LogP contribution >= 0.6 is 0 Å². The van der Waals surface area contributed by atoms with E-state index in [1.807, 2.05) is 11.9 Å². The molecule has 0 radical (unpaired) electrons. The zero-order chi connectivity index (χ0) is 18.9. The van der Waals surface area contributed by atoms with Crippen molar-refractivity contribution in [2.75, 3.05) is 18.5 Å². The second-order valence-electron chi connectivity index (χ2n) is 8.14. The monoisotopic (exact) mass is 356 g/mol. The first-order valence-corrected chi connectivity index (χ1v) is 8.97. The molecule has 0 spiro atoms. The number of Topliss-reactive ketones (excluding diaryl/α,β-unsaturated/α-hetero) is 1. The van der Waals surface area contributed by atoms with Crippen LogP contribution < -0.4 is 4.90 Å². The Morgan fingerprint density at radius 2 is 2.00 bits per heavy atom. The van der Waals surface area contributed by atoms with Crippen LogP contribution in [0.2, 0.25) is 0 Å². The van der Waals surface area contributed by atoms with Crippen LogP contribution in [0.3, 0.4) is 0 Å². The minimum absolute atomic E-state index is 0.0330. The van der Waals surface area contributed by atoms with Gasteiger partial charge in [-0.05, 0) is 36.8 Å². The van der Waals surface area contributed by atoms with Gasteiger partial charge < -0.3 is 4.90 Å². The molecule has 0 saturated heterocycles. The summed E-state index contributed by atoms with van der Waals surface area (Å²) < 4.78 is 13.2. The van der Waals surface area contributed by atoms with E-state index >= 15 is 0 Å². The molecule has 0 bridgehead atoms. The van der Waals surface area contributed by atoms with Gasteiger partial charge in [0.05, 0.1) is 12.7 Å². The maximum atomic E-state index is 13.2. The maximum Gasteiger partial charge on any atom is 0.180 e. The summed E-state index contributed by atoms with van der Waals surface area (Å²) in [6, 6.07) is 2.94. The van der Waals surface area contributed by atoms with E-state index in [1.54, 1.807) is 6.07 Å². The maximum absolute atomic E-state index is 13.2. The van der Waals surface area contributed by atoms with Crippen LogP contribution in [0.25, 0.3) is 11.5 Å². The summed E-state index contributed by atoms with van der Waals surface area (Å²) in [5.41, 5.74) is 2.62. The van der Waals surface area contributed by atoms with Crippen molar-refractivity contribution in [2.45, 2.75) is 46.5 Å². The van der Waals surface area contributed by atoms with Gasteiger partial charge in [-0.25, -0.2) is 19.3 Å². The normalized spacial score (nSPS) is 13.6. The van der Waals surface area contributed by atoms with Gasteiger partial charge in [0.2, 0.25) is 0 Å². The van der Waals surface area contributed by atoms with E-state index in [2.05, 4.69) is 35.7 Å². The van der Waals surface area contributed by atoms with E-state index in [-0.39, 0.29) is 17.0 Å². The second kappa shape index (κ2) is 7.09. The number of ketones is 1. The summed E-state index contributed by atoms with van der Waals surface area (Å²) in [6.07, 6.45) is 4.53. The number of fused-ring (bicyclic) bond motifs is 1. The Morgan fingerprint density at radius 3 is 2.65 bits per heavy atom. The minimum Gasteiger partial charge on any atom is -0.352 e. The van der Waals surface area contributed by atoms with Crippen molar-refractivity contribution < 1.29 is 9.18 Å². The Bertz CT molecular complexity index is 812. The number of hydrogen-bond acceptors (Lipinski definition) is 5. The molecule has 26 heavy (non-hydrogen) atoms. The summed E-state index contributed by atoms with van der Waals surface area (Å²) in [6.45, 7) is 6.50. The van der Waals surface area contributed by atoms with Crippen molar-refractivity contribution in [3.05, 3.63) is 35.4 Å². The molecule has 6 heteroatoms. The summed E-state index contributed by atoms with van der Waals surface area (Å²) in [4.78, 5) is 27.7. The van der Waals surface area contributed by atoms with Crippen LogP contribution in [0.1, 0.15) is 44.9 Å². The first-order chi connectivity index (χ1) is 12.2. The summed E-state index contributed by atoms with van der Waals surface area (Å²) >= 11 is 0. The summed E-state index contributed by atoms with van der Waals surface area (Å²) in [5, 5.41) is 0. The fraction of sp³-hybridized carbons (Fsp3) is 0.500. The molecule has 2 aromatic heterocycles. The van der Waals surface area contributed by atoms with Crippen LogP contribution in [-0.4, -0.2) is 34.3 Å². The van der Waals surface area contributed by atoms with Crippen molar-refractivity contribution in [3.63, 3.8) is 0 Å². The zero-order valence-corrected chi connectivity index (χ0v) is 15.8. The molecular formula is C20H25FN4O. The average molecular weight is 356 g/mol. The molecule has 0 saturated carbocycles. The van der Waals surface area contributed by atoms with Gasteiger partial charge >= 0.3 is 0 Å². The number of likely N-dealkylation sites (N-methyl/N-ethyl adjacent to an activating group) is 1. The Labute approximate surface area is 153 Å². The van der Waals surface area contributed by atoms with Gasteiger partial charge in [0.15, 0.2) is 11.6 Å². The molecule has 2 aromatic rings. The molecular weight excluding hydrogens is 331 g/mol. The lowest BCUT2D eigenvalue weighted by Crippen LogP contribution is -2.30. The molecule has 0 unspecified atom stereocenters. The molecule has 138 valence electrons. The summed E-state index contributed by atoms with van der Waals surface area (Å²) in [5.74, 6) is 1.07. The minimum atomic E-state index is -0.389. The van der Waals surface area contributed by atoms with E-state index < -0.39 is 0 Å². The van der Waals surface area contributed by atoms with Crippen molar-refractivity contribution in [1.29, 1.82) is 0 Å². The highest BCUT2D eigenvalue weighted by Gasteiger charge is 2.24. The van der Waals surface area contributed by atoms with E-state index in [1.165, 1.54) is 12.3 Å². The molecule has 0 amide bonds. The molecule has 2 heterocycles. The Kier molecular flexibility index (Phi) is 5.03. The van der Waals surface area contributed by atoms with E-state index in [0.29, 0.717) is 24.5 Å². The van der Waals surface area contributed by atoms with Crippen LogP contribution in [0.5, 0.6) is 0 Å². The van der Waals surface area contributed by atoms with Gasteiger partial charge in [-0.1, -0.05) is 20.8 Å². The van der Waals surface area contributed by atoms with Crippen LogP contribution in [-0.2, 0) is 17.6 Å². The molecule has 5 nitrogen and oxygen atoms in total. The van der Waals surface area contributed by atoms with E-state index in [0.717, 1.165) is 36.3 Å². The molecule has 1 aliphatic rings. The first-order valence-electron chi connectivity index (χ1n) is 8.97. The van der Waals surface area contributed by atoms with Gasteiger partial charge in [0.1, 0.15) is 17.3 Å². The molecule has 0 atom stereocenters. The number of pyridine rings is 1. The summed E-state index contributed by atoms with van der Waals surface area (Å²) in [7, 11) is 1.89. The third-order valence-corrected chi connectivity index (χ3v) is 4.37. The lowest BCUT2D eigenvalue weighted by atomic mass is 9.90. The molecule has 3 rings (SSSR count). The second-order valence-corrected chi connectivity index (χ2v) is 8.14. The number of carbonyl (C=O) groups excluding carboxylic acids is 1. The smallest absolute Gasteiger partial charge is 0.180 e. The van der Waals surface area contributed by atoms with Crippen LogP contribution in [0.15, 0.2) is 18.3 Å². The zero-order valence-electron chi connectivity index (χ0n) is 15.8. The predicted molar refractivity (Wildman–Crippen MR) is 99.6 cm³/mol. The lowest BCUT2D eigenvalue weighted by Gasteiger charge is -2.23. The van der Waals surface area contributed by atoms with Crippen molar-refractivity contribution >= 4 is 11.6 Å². The highest BCUT2D eigenvalue weighted by Crippen LogP contribution is 2.31. The van der Waals surface area contributed by atoms with E-state index in [9.17, 15) is 9.18 Å². The number of anilines is 1. The molecule has 0 N–H and O–H groups in total. The largest absolute Gasteiger partial charge is 0.352 e. The van der Waals surface area contributed by atoms with Gasteiger partial charge in [-0.15, -0.1) is 0 Å². The quantitative estimate of drug-likeness (QED) is 0.819. The standard InChI is InChI=1S/C20H25FN4O/c1-20(2,3)10-14(26)12-25(4)19-15-6-5-7-16(15)23-18(24-19)17-9-8-13(21)11-22-17/h8-9,11H,5-7,10,12H2,1-4H3. The SMILES string of the molecule is CN(CC(=O)CC(C)(C)C)c1nc(-c2ccc(F)cn2)nc2c1CCC2. The Morgan fingerprint density at radius 1 is 1.23 bits per heavy atom. The number of hydrogen-bond donors (Lipinski definition) is 0. The third-order valence-electron chi connectivity index (χ3n) is 4.37. The highest BCUT2D eigenvalue weighted by molar-refractivity contribution is 5.84. The van der Waals surface area contributed by atoms with E-state index in [4.69, 9.17) is 0 Å². The molecule has 0 fully saturated rings.